The number of ether oxygens (including phenoxy) is 1. The number of aryl methyl sites for hydroxylation is 2. The first-order chi connectivity index (χ1) is 12.2. The Labute approximate surface area is 151 Å². The maximum atomic E-state index is 13.8. The molecule has 26 heavy (non-hydrogen) atoms. The summed E-state index contributed by atoms with van der Waals surface area (Å²) in [5.74, 6) is -3.61. The molecule has 0 heterocycles. The van der Waals surface area contributed by atoms with E-state index in [-0.39, 0.29) is 5.92 Å². The first-order valence-corrected chi connectivity index (χ1v) is 8.25. The van der Waals surface area contributed by atoms with Gasteiger partial charge in [0.25, 0.3) is 5.91 Å². The SMILES string of the molecule is Cc1cccc(C)c1OC(=O)C(NC(=O)c1c(F)cccc1F)C(C)C. The highest BCUT2D eigenvalue weighted by atomic mass is 19.1. The molecule has 2 aromatic rings. The second kappa shape index (κ2) is 8.08. The number of rotatable bonds is 5. The second-order valence-electron chi connectivity index (χ2n) is 6.43. The summed E-state index contributed by atoms with van der Waals surface area (Å²) in [6.45, 7) is 7.00. The van der Waals surface area contributed by atoms with Crippen LogP contribution in [0, 0.1) is 31.4 Å². The lowest BCUT2D eigenvalue weighted by Crippen LogP contribution is -2.47. The average molecular weight is 361 g/mol. The molecule has 4 nitrogen and oxygen atoms in total. The Hall–Kier alpha value is -2.76. The zero-order valence-corrected chi connectivity index (χ0v) is 15.1. The Kier molecular flexibility index (Phi) is 6.08. The van der Waals surface area contributed by atoms with Crippen LogP contribution in [0.1, 0.15) is 35.3 Å². The summed E-state index contributed by atoms with van der Waals surface area (Å²) in [7, 11) is 0. The molecule has 2 aromatic carbocycles. The summed E-state index contributed by atoms with van der Waals surface area (Å²) in [6, 6.07) is 7.51. The van der Waals surface area contributed by atoms with E-state index in [1.165, 1.54) is 0 Å². The van der Waals surface area contributed by atoms with Crippen LogP contribution in [0.4, 0.5) is 8.78 Å². The molecular formula is C20H21F2NO3. The molecule has 0 saturated heterocycles. The van der Waals surface area contributed by atoms with Gasteiger partial charge in [0, 0.05) is 0 Å². The van der Waals surface area contributed by atoms with E-state index in [4.69, 9.17) is 4.74 Å². The maximum Gasteiger partial charge on any atom is 0.334 e. The number of halogens is 2. The fourth-order valence-corrected chi connectivity index (χ4v) is 2.55. The van der Waals surface area contributed by atoms with E-state index in [9.17, 15) is 18.4 Å². The van der Waals surface area contributed by atoms with Gasteiger partial charge in [-0.3, -0.25) is 4.79 Å². The van der Waals surface area contributed by atoms with Crippen molar-refractivity contribution in [1.82, 2.24) is 5.32 Å². The van der Waals surface area contributed by atoms with Crippen LogP contribution in [0.2, 0.25) is 0 Å². The molecule has 0 aliphatic carbocycles. The Morgan fingerprint density at radius 2 is 1.46 bits per heavy atom. The Morgan fingerprint density at radius 3 is 1.96 bits per heavy atom. The third kappa shape index (κ3) is 4.25. The van der Waals surface area contributed by atoms with E-state index in [0.717, 1.165) is 29.3 Å². The zero-order chi connectivity index (χ0) is 19.4. The van der Waals surface area contributed by atoms with Crippen LogP contribution >= 0.6 is 0 Å². The fraction of sp³-hybridized carbons (Fsp3) is 0.300. The number of amides is 1. The number of benzene rings is 2. The average Bonchev–Trinajstić information content (AvgIpc) is 2.55. The van der Waals surface area contributed by atoms with Gasteiger partial charge in [-0.2, -0.15) is 0 Å². The number of nitrogens with one attached hydrogen (secondary N) is 1. The number of carbonyl (C=O) groups excluding carboxylic acids is 2. The third-order valence-corrected chi connectivity index (χ3v) is 4.01. The van der Waals surface area contributed by atoms with Crippen LogP contribution in [-0.4, -0.2) is 17.9 Å². The highest BCUT2D eigenvalue weighted by Crippen LogP contribution is 2.23. The molecule has 1 unspecified atom stereocenters. The summed E-state index contributed by atoms with van der Waals surface area (Å²) in [4.78, 5) is 24.9. The Balaban J connectivity index is 2.23. The van der Waals surface area contributed by atoms with Crippen molar-refractivity contribution in [3.63, 3.8) is 0 Å². The molecule has 0 aromatic heterocycles. The van der Waals surface area contributed by atoms with Gasteiger partial charge in [-0.1, -0.05) is 38.1 Å². The summed E-state index contributed by atoms with van der Waals surface area (Å²) in [5, 5.41) is 2.38. The van der Waals surface area contributed by atoms with Gasteiger partial charge in [-0.05, 0) is 43.0 Å². The van der Waals surface area contributed by atoms with Gasteiger partial charge < -0.3 is 10.1 Å². The van der Waals surface area contributed by atoms with Crippen LogP contribution in [0.5, 0.6) is 5.75 Å². The van der Waals surface area contributed by atoms with E-state index >= 15 is 0 Å². The molecule has 1 N–H and O–H groups in total. The third-order valence-electron chi connectivity index (χ3n) is 4.01. The molecule has 138 valence electrons. The second-order valence-corrected chi connectivity index (χ2v) is 6.43. The molecule has 0 spiro atoms. The summed E-state index contributed by atoms with van der Waals surface area (Å²) >= 11 is 0. The molecule has 0 saturated carbocycles. The quantitative estimate of drug-likeness (QED) is 0.648. The molecule has 1 atom stereocenters. The van der Waals surface area contributed by atoms with Gasteiger partial charge in [0.1, 0.15) is 29.0 Å². The van der Waals surface area contributed by atoms with Gasteiger partial charge in [-0.15, -0.1) is 0 Å². The number of para-hydroxylation sites is 1. The highest BCUT2D eigenvalue weighted by Gasteiger charge is 2.29. The van der Waals surface area contributed by atoms with Gasteiger partial charge in [0.05, 0.1) is 0 Å². The van der Waals surface area contributed by atoms with Gasteiger partial charge >= 0.3 is 5.97 Å². The minimum absolute atomic E-state index is 0.342. The molecule has 6 heteroatoms. The van der Waals surface area contributed by atoms with E-state index in [2.05, 4.69) is 5.32 Å². The smallest absolute Gasteiger partial charge is 0.334 e. The Morgan fingerprint density at radius 1 is 0.962 bits per heavy atom. The van der Waals surface area contributed by atoms with E-state index < -0.39 is 35.1 Å². The van der Waals surface area contributed by atoms with Crippen molar-refractivity contribution in [3.05, 3.63) is 64.7 Å². The van der Waals surface area contributed by atoms with Crippen molar-refractivity contribution >= 4 is 11.9 Å². The molecular weight excluding hydrogens is 340 g/mol. The van der Waals surface area contributed by atoms with Crippen molar-refractivity contribution in [2.24, 2.45) is 5.92 Å². The van der Waals surface area contributed by atoms with Crippen molar-refractivity contribution in [1.29, 1.82) is 0 Å². The fourth-order valence-electron chi connectivity index (χ4n) is 2.55. The molecule has 0 aliphatic rings. The number of hydrogen-bond acceptors (Lipinski definition) is 3. The highest BCUT2D eigenvalue weighted by molar-refractivity contribution is 5.97. The normalized spacial score (nSPS) is 12.0. The lowest BCUT2D eigenvalue weighted by Gasteiger charge is -2.22. The van der Waals surface area contributed by atoms with Crippen LogP contribution in [0.25, 0.3) is 0 Å². The van der Waals surface area contributed by atoms with Crippen LogP contribution in [0.15, 0.2) is 36.4 Å². The zero-order valence-electron chi connectivity index (χ0n) is 15.1. The predicted octanol–water partition coefficient (Wildman–Crippen LogP) is 3.94. The van der Waals surface area contributed by atoms with E-state index in [1.807, 2.05) is 6.07 Å². The molecule has 2 rings (SSSR count). The minimum Gasteiger partial charge on any atom is -0.424 e. The number of carbonyl (C=O) groups is 2. The molecule has 0 aliphatic heterocycles. The number of esters is 1. The van der Waals surface area contributed by atoms with Crippen LogP contribution in [-0.2, 0) is 4.79 Å². The van der Waals surface area contributed by atoms with Crippen molar-refractivity contribution < 1.29 is 23.1 Å². The summed E-state index contributed by atoms with van der Waals surface area (Å²) in [5.41, 5.74) is 0.817. The lowest BCUT2D eigenvalue weighted by molar-refractivity contribution is -0.137. The van der Waals surface area contributed by atoms with Crippen LogP contribution in [0.3, 0.4) is 0 Å². The van der Waals surface area contributed by atoms with Gasteiger partial charge in [-0.25, -0.2) is 13.6 Å². The summed E-state index contributed by atoms with van der Waals surface area (Å²) < 4.78 is 33.0. The van der Waals surface area contributed by atoms with E-state index in [0.29, 0.717) is 5.75 Å². The Bertz CT molecular complexity index is 793. The molecule has 0 bridgehead atoms. The van der Waals surface area contributed by atoms with Crippen molar-refractivity contribution in [3.8, 4) is 5.75 Å². The van der Waals surface area contributed by atoms with Crippen molar-refractivity contribution in [2.75, 3.05) is 0 Å². The maximum absolute atomic E-state index is 13.8. The first-order valence-electron chi connectivity index (χ1n) is 8.25. The topological polar surface area (TPSA) is 55.4 Å². The molecule has 1 amide bonds. The summed E-state index contributed by atoms with van der Waals surface area (Å²) in [6.07, 6.45) is 0. The van der Waals surface area contributed by atoms with Gasteiger partial charge in [0.15, 0.2) is 0 Å². The monoisotopic (exact) mass is 361 g/mol. The van der Waals surface area contributed by atoms with Crippen molar-refractivity contribution in [2.45, 2.75) is 33.7 Å². The van der Waals surface area contributed by atoms with Gasteiger partial charge in [0.2, 0.25) is 0 Å². The standard InChI is InChI=1S/C20H21F2NO3/c1-11(2)17(20(25)26-18-12(3)7-5-8-13(18)4)23-19(24)16-14(21)9-6-10-15(16)22/h5-11,17H,1-4H3,(H,23,24). The minimum atomic E-state index is -1.06. The van der Waals surface area contributed by atoms with E-state index in [1.54, 1.807) is 39.8 Å². The molecule has 0 fully saturated rings. The first kappa shape index (κ1) is 19.6. The molecule has 0 radical (unpaired) electrons. The number of hydrogen-bond donors (Lipinski definition) is 1. The predicted molar refractivity (Wildman–Crippen MR) is 94.0 cm³/mol. The largest absolute Gasteiger partial charge is 0.424 e. The van der Waals surface area contributed by atoms with Crippen LogP contribution < -0.4 is 10.1 Å². The lowest BCUT2D eigenvalue weighted by atomic mass is 10.0.